The number of hydrogen-bond donors (Lipinski definition) is 0. The highest BCUT2D eigenvalue weighted by Crippen LogP contribution is 2.15. The summed E-state index contributed by atoms with van der Waals surface area (Å²) in [5.74, 6) is -0.433. The van der Waals surface area contributed by atoms with Crippen molar-refractivity contribution >= 4 is 11.9 Å². The number of carbonyl (C=O) groups is 2. The largest absolute Gasteiger partial charge is 0.462 e. The van der Waals surface area contributed by atoms with Crippen molar-refractivity contribution in [3.05, 3.63) is 109 Å². The van der Waals surface area contributed by atoms with Crippen molar-refractivity contribution in [3.8, 4) is 0 Å². The quantitative estimate of drug-likeness (QED) is 0.0345. The van der Waals surface area contributed by atoms with Crippen molar-refractivity contribution in [2.24, 2.45) is 0 Å². The average Bonchev–Trinajstić information content (AvgIpc) is 3.36. The van der Waals surface area contributed by atoms with Gasteiger partial charge in [-0.2, -0.15) is 0 Å². The molecule has 400 valence electrons. The molecule has 0 saturated heterocycles. The molecule has 0 heterocycles. The van der Waals surface area contributed by atoms with Gasteiger partial charge in [0.2, 0.25) is 0 Å². The fourth-order valence-electron chi connectivity index (χ4n) is 7.96. The highest BCUT2D eigenvalue weighted by atomic mass is 16.6. The van der Waals surface area contributed by atoms with E-state index < -0.39 is 6.10 Å². The van der Waals surface area contributed by atoms with E-state index in [0.29, 0.717) is 19.4 Å². The highest BCUT2D eigenvalue weighted by molar-refractivity contribution is 5.70. The Morgan fingerprint density at radius 2 is 0.643 bits per heavy atom. The first-order valence-corrected chi connectivity index (χ1v) is 29.4. The minimum Gasteiger partial charge on any atom is -0.462 e. The van der Waals surface area contributed by atoms with Crippen molar-refractivity contribution in [3.63, 3.8) is 0 Å². The van der Waals surface area contributed by atoms with Crippen molar-refractivity contribution in [1.29, 1.82) is 0 Å². The molecule has 1 atom stereocenters. The lowest BCUT2D eigenvalue weighted by molar-refractivity contribution is -0.163. The highest BCUT2D eigenvalue weighted by Gasteiger charge is 2.17. The van der Waals surface area contributed by atoms with Gasteiger partial charge in [0.15, 0.2) is 6.10 Å². The lowest BCUT2D eigenvalue weighted by Crippen LogP contribution is -2.30. The second-order valence-corrected chi connectivity index (χ2v) is 19.1. The zero-order valence-electron chi connectivity index (χ0n) is 46.0. The molecule has 0 aliphatic rings. The van der Waals surface area contributed by atoms with Crippen molar-refractivity contribution in [1.82, 2.24) is 0 Å². The first kappa shape index (κ1) is 66.6. The fourth-order valence-corrected chi connectivity index (χ4v) is 7.96. The van der Waals surface area contributed by atoms with Crippen LogP contribution < -0.4 is 0 Å². The smallest absolute Gasteiger partial charge is 0.306 e. The number of ether oxygens (including phenoxy) is 3. The molecule has 70 heavy (non-hydrogen) atoms. The summed E-state index contributed by atoms with van der Waals surface area (Å²) in [6, 6.07) is 0. The second kappa shape index (κ2) is 59.9. The summed E-state index contributed by atoms with van der Waals surface area (Å²) in [4.78, 5) is 25.6. The summed E-state index contributed by atoms with van der Waals surface area (Å²) < 4.78 is 17.5. The van der Waals surface area contributed by atoms with Gasteiger partial charge in [-0.15, -0.1) is 0 Å². The molecule has 0 aliphatic carbocycles. The molecule has 1 unspecified atom stereocenters. The maximum atomic E-state index is 12.9. The molecule has 0 aromatic carbocycles. The summed E-state index contributed by atoms with van der Waals surface area (Å²) in [5.41, 5.74) is 0. The van der Waals surface area contributed by atoms with Gasteiger partial charge in [0.25, 0.3) is 0 Å². The molecule has 0 aliphatic heterocycles. The number of rotatable bonds is 53. The van der Waals surface area contributed by atoms with Crippen molar-refractivity contribution in [2.45, 2.75) is 271 Å². The van der Waals surface area contributed by atoms with Gasteiger partial charge < -0.3 is 14.2 Å². The summed E-state index contributed by atoms with van der Waals surface area (Å²) in [5, 5.41) is 0. The molecule has 0 aromatic heterocycles. The minimum absolute atomic E-state index is 0.0587. The molecule has 0 amide bonds. The molecule has 5 heteroatoms. The van der Waals surface area contributed by atoms with Crippen LogP contribution in [0.4, 0.5) is 0 Å². The molecule has 0 spiro atoms. The van der Waals surface area contributed by atoms with Crippen LogP contribution in [-0.4, -0.2) is 37.9 Å². The standard InChI is InChI=1S/C65H110O5/c1-4-7-10-13-16-19-22-25-28-31-33-35-37-40-43-46-49-52-55-58-64(66)69-62-63(61-68-60-57-54-51-48-45-42-39-30-27-24-21-18-15-12-9-6-3)70-65(67)59-56-53-50-47-44-41-38-36-34-32-29-26-23-20-17-14-11-8-5-2/h7,9-10,12,16,18-19,21,25-30,33,35,42,45,63H,4-6,8,11,13-15,17,20,22-24,31-32,34,36-41,43-44,46-62H2,1-3H3/b10-7-,12-9-,19-16-,21-18-,28-25-,29-26-,30-27-,35-33-,45-42-. The average molecular weight is 972 g/mol. The van der Waals surface area contributed by atoms with Gasteiger partial charge in [-0.25, -0.2) is 0 Å². The maximum Gasteiger partial charge on any atom is 0.306 e. The topological polar surface area (TPSA) is 61.8 Å². The van der Waals surface area contributed by atoms with E-state index in [2.05, 4.69) is 130 Å². The van der Waals surface area contributed by atoms with Crippen LogP contribution in [0.15, 0.2) is 109 Å². The SMILES string of the molecule is CC/C=C\C/C=C\C/C=C\C/C=C\CCCCCCCCC(=O)OCC(COCCCCC/C=C\C/C=C\C/C=C\C/C=C\CC)OC(=O)CCCCCCCCCCC/C=C\CCCCCCCC. The van der Waals surface area contributed by atoms with E-state index >= 15 is 0 Å². The molecular formula is C65H110O5. The van der Waals surface area contributed by atoms with Crippen LogP contribution in [0.25, 0.3) is 0 Å². The first-order chi connectivity index (χ1) is 34.6. The summed E-state index contributed by atoms with van der Waals surface area (Å²) in [6.07, 6.45) is 82.6. The Bertz CT molecular complexity index is 1380. The Morgan fingerprint density at radius 3 is 1.04 bits per heavy atom. The number of carbonyl (C=O) groups excluding carboxylic acids is 2. The Morgan fingerprint density at radius 1 is 0.329 bits per heavy atom. The number of esters is 2. The molecule has 0 rings (SSSR count). The Kier molecular flexibility index (Phi) is 56.9. The van der Waals surface area contributed by atoms with E-state index in [-0.39, 0.29) is 25.2 Å². The molecule has 5 nitrogen and oxygen atoms in total. The first-order valence-electron chi connectivity index (χ1n) is 29.4. The molecule has 0 N–H and O–H groups in total. The summed E-state index contributed by atoms with van der Waals surface area (Å²) >= 11 is 0. The van der Waals surface area contributed by atoms with Gasteiger partial charge in [0.1, 0.15) is 6.61 Å². The Labute approximate surface area is 434 Å². The van der Waals surface area contributed by atoms with E-state index in [1.54, 1.807) is 0 Å². The molecule has 0 radical (unpaired) electrons. The number of unbranched alkanes of at least 4 members (excludes halogenated alkanes) is 24. The Hall–Kier alpha value is -3.44. The molecule has 0 fully saturated rings. The van der Waals surface area contributed by atoms with Crippen LogP contribution in [0, 0.1) is 0 Å². The summed E-state index contributed by atoms with van der Waals surface area (Å²) in [6.45, 7) is 7.52. The van der Waals surface area contributed by atoms with Crippen molar-refractivity contribution in [2.75, 3.05) is 19.8 Å². The van der Waals surface area contributed by atoms with Gasteiger partial charge >= 0.3 is 11.9 Å². The normalized spacial score (nSPS) is 13.0. The van der Waals surface area contributed by atoms with Crippen LogP contribution in [0.2, 0.25) is 0 Å². The third-order valence-electron chi connectivity index (χ3n) is 12.3. The lowest BCUT2D eigenvalue weighted by atomic mass is 10.1. The van der Waals surface area contributed by atoms with E-state index in [1.165, 1.54) is 109 Å². The minimum atomic E-state index is -0.568. The zero-order chi connectivity index (χ0) is 50.6. The van der Waals surface area contributed by atoms with E-state index in [0.717, 1.165) is 122 Å². The predicted octanol–water partition coefficient (Wildman–Crippen LogP) is 20.3. The van der Waals surface area contributed by atoms with Gasteiger partial charge in [0.05, 0.1) is 6.61 Å². The second-order valence-electron chi connectivity index (χ2n) is 19.1. The van der Waals surface area contributed by atoms with Crippen LogP contribution in [-0.2, 0) is 23.8 Å². The molecular weight excluding hydrogens is 861 g/mol. The van der Waals surface area contributed by atoms with Crippen LogP contribution >= 0.6 is 0 Å². The van der Waals surface area contributed by atoms with Crippen LogP contribution in [0.1, 0.15) is 265 Å². The third kappa shape index (κ3) is 57.1. The van der Waals surface area contributed by atoms with Crippen LogP contribution in [0.5, 0.6) is 0 Å². The zero-order valence-corrected chi connectivity index (χ0v) is 46.0. The van der Waals surface area contributed by atoms with Gasteiger partial charge in [-0.3, -0.25) is 9.59 Å². The third-order valence-corrected chi connectivity index (χ3v) is 12.3. The van der Waals surface area contributed by atoms with E-state index in [4.69, 9.17) is 14.2 Å². The van der Waals surface area contributed by atoms with Crippen LogP contribution in [0.3, 0.4) is 0 Å². The van der Waals surface area contributed by atoms with Gasteiger partial charge in [-0.05, 0) is 122 Å². The Balaban J connectivity index is 4.36. The van der Waals surface area contributed by atoms with Gasteiger partial charge in [0, 0.05) is 19.4 Å². The monoisotopic (exact) mass is 971 g/mol. The lowest BCUT2D eigenvalue weighted by Gasteiger charge is -2.18. The molecule has 0 bridgehead atoms. The maximum absolute atomic E-state index is 12.9. The molecule has 0 saturated carbocycles. The van der Waals surface area contributed by atoms with E-state index in [1.807, 2.05) is 0 Å². The fraction of sp³-hybridized carbons (Fsp3) is 0.692. The van der Waals surface area contributed by atoms with E-state index in [9.17, 15) is 9.59 Å². The predicted molar refractivity (Wildman–Crippen MR) is 306 cm³/mol. The van der Waals surface area contributed by atoms with Gasteiger partial charge in [-0.1, -0.05) is 239 Å². The summed E-state index contributed by atoms with van der Waals surface area (Å²) in [7, 11) is 0. The molecule has 0 aromatic rings. The van der Waals surface area contributed by atoms with Crippen molar-refractivity contribution < 1.29 is 23.8 Å². The number of allylic oxidation sites excluding steroid dienone is 18. The number of hydrogen-bond acceptors (Lipinski definition) is 5.